The summed E-state index contributed by atoms with van der Waals surface area (Å²) in [7, 11) is 0. The van der Waals surface area contributed by atoms with Crippen LogP contribution in [0.1, 0.15) is 38.4 Å². The lowest BCUT2D eigenvalue weighted by Gasteiger charge is -2.46. The molecule has 0 amide bonds. The molecule has 19 heavy (non-hydrogen) atoms. The highest BCUT2D eigenvalue weighted by Gasteiger charge is 2.46. The molecular weight excluding hydrogens is 246 g/mol. The van der Waals surface area contributed by atoms with Crippen molar-refractivity contribution < 1.29 is 14.4 Å². The Morgan fingerprint density at radius 1 is 1.42 bits per heavy atom. The molecule has 3 rings (SSSR count). The zero-order chi connectivity index (χ0) is 13.6. The predicted molar refractivity (Wildman–Crippen MR) is 69.2 cm³/mol. The Morgan fingerprint density at radius 2 is 2.21 bits per heavy atom. The molecule has 2 heterocycles. The van der Waals surface area contributed by atoms with Crippen molar-refractivity contribution in [2.45, 2.75) is 38.4 Å². The first kappa shape index (κ1) is 12.4. The number of nitro groups is 1. The normalized spacial score (nSPS) is 27.9. The van der Waals surface area contributed by atoms with Gasteiger partial charge in [-0.3, -0.25) is 10.1 Å². The standard InChI is InChI=1S/C14H17NO4/c1-14(2)11-4-3-7-18-13(11)10-8-9(15(16)17)5-6-12(10)19-14/h5-6,8,11,13H,3-4,7H2,1-2H3. The summed E-state index contributed by atoms with van der Waals surface area (Å²) in [5, 5.41) is 10.9. The summed E-state index contributed by atoms with van der Waals surface area (Å²) in [6.45, 7) is 4.83. The lowest BCUT2D eigenvalue weighted by molar-refractivity contribution is -0.385. The maximum Gasteiger partial charge on any atom is 0.270 e. The third-order valence-corrected chi connectivity index (χ3v) is 4.10. The summed E-state index contributed by atoms with van der Waals surface area (Å²) >= 11 is 0. The van der Waals surface area contributed by atoms with Crippen molar-refractivity contribution >= 4 is 5.69 Å². The van der Waals surface area contributed by atoms with E-state index in [2.05, 4.69) is 13.8 Å². The number of nitro benzene ring substituents is 1. The van der Waals surface area contributed by atoms with Crippen LogP contribution in [0.2, 0.25) is 0 Å². The molecule has 2 atom stereocenters. The van der Waals surface area contributed by atoms with E-state index in [-0.39, 0.29) is 28.2 Å². The van der Waals surface area contributed by atoms with Gasteiger partial charge in [-0.05, 0) is 32.8 Å². The Balaban J connectivity index is 2.08. The summed E-state index contributed by atoms with van der Waals surface area (Å²) in [4.78, 5) is 10.5. The van der Waals surface area contributed by atoms with Crippen LogP contribution in [0.25, 0.3) is 0 Å². The number of ether oxygens (including phenoxy) is 2. The highest BCUT2D eigenvalue weighted by Crippen LogP contribution is 2.49. The maximum atomic E-state index is 10.9. The molecule has 2 aliphatic rings. The summed E-state index contributed by atoms with van der Waals surface area (Å²) in [5.41, 5.74) is 0.613. The summed E-state index contributed by atoms with van der Waals surface area (Å²) in [6.07, 6.45) is 1.95. The van der Waals surface area contributed by atoms with Crippen LogP contribution in [0.3, 0.4) is 0 Å². The Morgan fingerprint density at radius 3 is 2.95 bits per heavy atom. The molecule has 1 aromatic rings. The van der Waals surface area contributed by atoms with Crippen LogP contribution in [0.15, 0.2) is 18.2 Å². The van der Waals surface area contributed by atoms with Gasteiger partial charge in [-0.25, -0.2) is 0 Å². The van der Waals surface area contributed by atoms with Crippen LogP contribution >= 0.6 is 0 Å². The molecule has 2 unspecified atom stereocenters. The van der Waals surface area contributed by atoms with Gasteiger partial charge in [0.1, 0.15) is 11.4 Å². The molecule has 1 aromatic carbocycles. The first-order valence-corrected chi connectivity index (χ1v) is 6.58. The van der Waals surface area contributed by atoms with E-state index in [0.29, 0.717) is 12.4 Å². The zero-order valence-corrected chi connectivity index (χ0v) is 11.1. The molecule has 5 nitrogen and oxygen atoms in total. The van der Waals surface area contributed by atoms with Gasteiger partial charge >= 0.3 is 0 Å². The van der Waals surface area contributed by atoms with Crippen molar-refractivity contribution in [2.75, 3.05) is 6.61 Å². The summed E-state index contributed by atoms with van der Waals surface area (Å²) in [5.74, 6) is 0.953. The molecule has 0 aliphatic carbocycles. The predicted octanol–water partition coefficient (Wildman–Crippen LogP) is 3.23. The topological polar surface area (TPSA) is 61.6 Å². The van der Waals surface area contributed by atoms with Crippen molar-refractivity contribution in [3.8, 4) is 5.75 Å². The Hall–Kier alpha value is -1.62. The number of hydrogen-bond donors (Lipinski definition) is 0. The van der Waals surface area contributed by atoms with Crippen molar-refractivity contribution in [2.24, 2.45) is 5.92 Å². The van der Waals surface area contributed by atoms with E-state index in [9.17, 15) is 10.1 Å². The van der Waals surface area contributed by atoms with Crippen molar-refractivity contribution in [3.05, 3.63) is 33.9 Å². The van der Waals surface area contributed by atoms with E-state index in [0.717, 1.165) is 18.4 Å². The van der Waals surface area contributed by atoms with Crippen LogP contribution < -0.4 is 4.74 Å². The highest BCUT2D eigenvalue weighted by atomic mass is 16.6. The molecule has 1 fully saturated rings. The van der Waals surface area contributed by atoms with E-state index in [1.54, 1.807) is 12.1 Å². The van der Waals surface area contributed by atoms with Gasteiger partial charge in [0.25, 0.3) is 5.69 Å². The number of hydrogen-bond acceptors (Lipinski definition) is 4. The quantitative estimate of drug-likeness (QED) is 0.576. The second kappa shape index (κ2) is 4.20. The van der Waals surface area contributed by atoms with Crippen LogP contribution in [-0.2, 0) is 4.74 Å². The van der Waals surface area contributed by atoms with Gasteiger partial charge in [-0.15, -0.1) is 0 Å². The lowest BCUT2D eigenvalue weighted by atomic mass is 9.76. The van der Waals surface area contributed by atoms with Crippen molar-refractivity contribution in [1.29, 1.82) is 0 Å². The molecule has 1 saturated heterocycles. The SMILES string of the molecule is CC1(C)Oc2ccc([N+](=O)[O-])cc2C2OCCCC21. The highest BCUT2D eigenvalue weighted by molar-refractivity contribution is 5.47. The van der Waals surface area contributed by atoms with E-state index in [1.165, 1.54) is 6.07 Å². The van der Waals surface area contributed by atoms with Gasteiger partial charge in [-0.2, -0.15) is 0 Å². The second-order valence-electron chi connectivity index (χ2n) is 5.72. The van der Waals surface area contributed by atoms with Gasteiger partial charge in [0.2, 0.25) is 0 Å². The minimum Gasteiger partial charge on any atom is -0.487 e. The first-order chi connectivity index (χ1) is 8.99. The second-order valence-corrected chi connectivity index (χ2v) is 5.72. The van der Waals surface area contributed by atoms with E-state index < -0.39 is 0 Å². The van der Waals surface area contributed by atoms with Gasteiger partial charge in [0.15, 0.2) is 0 Å². The van der Waals surface area contributed by atoms with Gasteiger partial charge in [-0.1, -0.05) is 0 Å². The number of fused-ring (bicyclic) bond motifs is 3. The average Bonchev–Trinajstić information content (AvgIpc) is 2.38. The van der Waals surface area contributed by atoms with Crippen molar-refractivity contribution in [3.63, 3.8) is 0 Å². The van der Waals surface area contributed by atoms with E-state index in [4.69, 9.17) is 9.47 Å². The molecule has 102 valence electrons. The maximum absolute atomic E-state index is 10.9. The third kappa shape index (κ3) is 1.98. The number of nitrogens with zero attached hydrogens (tertiary/aromatic N) is 1. The molecule has 0 aromatic heterocycles. The minimum absolute atomic E-state index is 0.0904. The average molecular weight is 263 g/mol. The zero-order valence-electron chi connectivity index (χ0n) is 11.1. The fraction of sp³-hybridized carbons (Fsp3) is 0.571. The lowest BCUT2D eigenvalue weighted by Crippen LogP contribution is -2.47. The Bertz CT molecular complexity index is 526. The first-order valence-electron chi connectivity index (χ1n) is 6.58. The van der Waals surface area contributed by atoms with E-state index in [1.807, 2.05) is 0 Å². The number of non-ortho nitro benzene ring substituents is 1. The minimum atomic E-state index is -0.377. The van der Waals surface area contributed by atoms with Gasteiger partial charge in [0, 0.05) is 30.2 Å². The largest absolute Gasteiger partial charge is 0.487 e. The third-order valence-electron chi connectivity index (χ3n) is 4.10. The van der Waals surface area contributed by atoms with Crippen LogP contribution in [0.5, 0.6) is 5.75 Å². The fourth-order valence-electron chi connectivity index (χ4n) is 3.12. The monoisotopic (exact) mass is 263 g/mol. The number of rotatable bonds is 1. The van der Waals surface area contributed by atoms with Crippen LogP contribution in [0.4, 0.5) is 5.69 Å². The van der Waals surface area contributed by atoms with Gasteiger partial charge < -0.3 is 9.47 Å². The molecule has 0 spiro atoms. The molecule has 0 N–H and O–H groups in total. The van der Waals surface area contributed by atoms with Crippen LogP contribution in [0, 0.1) is 16.0 Å². The molecule has 0 saturated carbocycles. The smallest absolute Gasteiger partial charge is 0.270 e. The summed E-state index contributed by atoms with van der Waals surface area (Å²) in [6, 6.07) is 4.76. The fourth-order valence-corrected chi connectivity index (χ4v) is 3.12. The molecule has 5 heteroatoms. The summed E-state index contributed by atoms with van der Waals surface area (Å²) < 4.78 is 11.9. The molecular formula is C14H17NO4. The molecule has 0 radical (unpaired) electrons. The molecule has 0 bridgehead atoms. The Kier molecular flexibility index (Phi) is 2.74. The van der Waals surface area contributed by atoms with E-state index >= 15 is 0 Å². The van der Waals surface area contributed by atoms with Crippen molar-refractivity contribution in [1.82, 2.24) is 0 Å². The number of benzene rings is 1. The van der Waals surface area contributed by atoms with Gasteiger partial charge in [0.05, 0.1) is 11.0 Å². The Labute approximate surface area is 111 Å². The molecule has 2 aliphatic heterocycles. The van der Waals surface area contributed by atoms with Crippen LogP contribution in [-0.4, -0.2) is 17.1 Å².